The van der Waals surface area contributed by atoms with Crippen LogP contribution in [0.15, 0.2) is 0 Å². The average Bonchev–Trinajstić information content (AvgIpc) is 2.00. The van der Waals surface area contributed by atoms with E-state index in [0.717, 1.165) is 16.8 Å². The zero-order valence-electron chi connectivity index (χ0n) is 10.0. The summed E-state index contributed by atoms with van der Waals surface area (Å²) in [7, 11) is 4.56. The molecular weight excluding hydrogens is 198 g/mol. The van der Waals surface area contributed by atoms with Crippen molar-refractivity contribution in [3.05, 3.63) is 0 Å². The standard InChI is InChI=1S/C11H24NO.ClH/c1-9-7-12(4,5)8-10(9)6-11(2,3)13;/h9-10,13H,6-8H2,1-5H3;1H/q+1;/p-1/t9-,10+;/m0./s1. The molecule has 0 unspecified atom stereocenters. The monoisotopic (exact) mass is 221 g/mol. The predicted molar refractivity (Wildman–Crippen MR) is 55.4 cm³/mol. The van der Waals surface area contributed by atoms with E-state index < -0.39 is 5.60 Å². The number of hydrogen-bond acceptors (Lipinski definition) is 1. The maximum atomic E-state index is 9.76. The lowest BCUT2D eigenvalue weighted by Crippen LogP contribution is -3.00. The number of likely N-dealkylation sites (tertiary alicyclic amines) is 1. The Morgan fingerprint density at radius 2 is 1.79 bits per heavy atom. The van der Waals surface area contributed by atoms with Gasteiger partial charge in [-0.25, -0.2) is 0 Å². The highest BCUT2D eigenvalue weighted by molar-refractivity contribution is 4.79. The summed E-state index contributed by atoms with van der Waals surface area (Å²) < 4.78 is 1.11. The summed E-state index contributed by atoms with van der Waals surface area (Å²) in [6, 6.07) is 0. The van der Waals surface area contributed by atoms with Gasteiger partial charge in [0, 0.05) is 11.8 Å². The summed E-state index contributed by atoms with van der Waals surface area (Å²) in [4.78, 5) is 0. The fourth-order valence-electron chi connectivity index (χ4n) is 2.73. The van der Waals surface area contributed by atoms with Gasteiger partial charge in [-0.05, 0) is 20.3 Å². The third-order valence-electron chi connectivity index (χ3n) is 3.08. The first-order chi connectivity index (χ1) is 5.70. The molecule has 1 fully saturated rings. The van der Waals surface area contributed by atoms with Crippen LogP contribution in [-0.2, 0) is 0 Å². The highest BCUT2D eigenvalue weighted by atomic mass is 35.5. The van der Waals surface area contributed by atoms with Gasteiger partial charge < -0.3 is 22.0 Å². The van der Waals surface area contributed by atoms with Crippen LogP contribution in [-0.4, -0.2) is 42.4 Å². The largest absolute Gasteiger partial charge is 1.00 e. The highest BCUT2D eigenvalue weighted by Gasteiger charge is 2.39. The van der Waals surface area contributed by atoms with Crippen molar-refractivity contribution in [1.82, 2.24) is 0 Å². The van der Waals surface area contributed by atoms with Crippen molar-refractivity contribution in [3.63, 3.8) is 0 Å². The smallest absolute Gasteiger partial charge is 0.0817 e. The van der Waals surface area contributed by atoms with Crippen LogP contribution in [0.5, 0.6) is 0 Å². The molecule has 0 aromatic carbocycles. The van der Waals surface area contributed by atoms with Crippen molar-refractivity contribution in [3.8, 4) is 0 Å². The number of nitrogens with zero attached hydrogens (tertiary/aromatic N) is 1. The van der Waals surface area contributed by atoms with Crippen LogP contribution in [0.25, 0.3) is 0 Å². The van der Waals surface area contributed by atoms with Crippen LogP contribution in [0.3, 0.4) is 0 Å². The van der Waals surface area contributed by atoms with Crippen molar-refractivity contribution in [1.29, 1.82) is 0 Å². The summed E-state index contributed by atoms with van der Waals surface area (Å²) >= 11 is 0. The third kappa shape index (κ3) is 4.16. The second-order valence-electron chi connectivity index (χ2n) is 6.05. The molecule has 0 aliphatic carbocycles. The highest BCUT2D eigenvalue weighted by Crippen LogP contribution is 2.32. The van der Waals surface area contributed by atoms with Crippen LogP contribution in [0.1, 0.15) is 27.2 Å². The number of rotatable bonds is 2. The molecule has 0 aromatic rings. The average molecular weight is 222 g/mol. The summed E-state index contributed by atoms with van der Waals surface area (Å²) in [6.45, 7) is 8.60. The minimum absolute atomic E-state index is 0. The van der Waals surface area contributed by atoms with E-state index in [2.05, 4.69) is 21.0 Å². The van der Waals surface area contributed by atoms with E-state index >= 15 is 0 Å². The van der Waals surface area contributed by atoms with E-state index in [1.54, 1.807) is 0 Å². The fraction of sp³-hybridized carbons (Fsp3) is 1.00. The Morgan fingerprint density at radius 1 is 1.29 bits per heavy atom. The van der Waals surface area contributed by atoms with Crippen LogP contribution in [0.2, 0.25) is 0 Å². The minimum atomic E-state index is -0.497. The van der Waals surface area contributed by atoms with Gasteiger partial charge in [0.1, 0.15) is 0 Å². The van der Waals surface area contributed by atoms with Gasteiger partial charge >= 0.3 is 0 Å². The zero-order chi connectivity index (χ0) is 10.3. The first kappa shape index (κ1) is 14.2. The lowest BCUT2D eigenvalue weighted by molar-refractivity contribution is -0.880. The molecule has 0 amide bonds. The van der Waals surface area contributed by atoms with Crippen molar-refractivity contribution < 1.29 is 22.0 Å². The van der Waals surface area contributed by atoms with Gasteiger partial charge in [-0.2, -0.15) is 0 Å². The Morgan fingerprint density at radius 3 is 2.07 bits per heavy atom. The van der Waals surface area contributed by atoms with E-state index in [0.29, 0.717) is 5.92 Å². The van der Waals surface area contributed by atoms with Gasteiger partial charge in [0.25, 0.3) is 0 Å². The molecule has 0 aromatic heterocycles. The van der Waals surface area contributed by atoms with Gasteiger partial charge in [-0.15, -0.1) is 0 Å². The number of halogens is 1. The normalized spacial score (nSPS) is 31.3. The molecule has 3 heteroatoms. The van der Waals surface area contributed by atoms with Gasteiger partial charge in [0.2, 0.25) is 0 Å². The summed E-state index contributed by atoms with van der Waals surface area (Å²) in [6.07, 6.45) is 0.940. The lowest BCUT2D eigenvalue weighted by atomic mass is 9.87. The molecule has 14 heavy (non-hydrogen) atoms. The Bertz CT molecular complexity index is 186. The SMILES string of the molecule is C[C@H]1C[N+](C)(C)C[C@H]1CC(C)(C)O.[Cl-]. The molecule has 86 valence electrons. The first-order valence-corrected chi connectivity index (χ1v) is 5.24. The van der Waals surface area contributed by atoms with Gasteiger partial charge in [0.05, 0.1) is 32.8 Å². The molecule has 0 bridgehead atoms. The summed E-state index contributed by atoms with van der Waals surface area (Å²) in [5, 5.41) is 9.76. The molecule has 1 N–H and O–H groups in total. The van der Waals surface area contributed by atoms with Crippen LogP contribution in [0, 0.1) is 11.8 Å². The lowest BCUT2D eigenvalue weighted by Gasteiger charge is -2.25. The van der Waals surface area contributed by atoms with E-state index in [1.165, 1.54) is 13.1 Å². The van der Waals surface area contributed by atoms with Crippen LogP contribution < -0.4 is 12.4 Å². The molecular formula is C11H24ClNO. The molecule has 2 atom stereocenters. The predicted octanol–water partition coefficient (Wildman–Crippen LogP) is -1.51. The molecule has 0 saturated carbocycles. The number of hydrogen-bond donors (Lipinski definition) is 1. The molecule has 2 nitrogen and oxygen atoms in total. The van der Waals surface area contributed by atoms with Gasteiger partial charge in [-0.3, -0.25) is 0 Å². The summed E-state index contributed by atoms with van der Waals surface area (Å²) in [5.41, 5.74) is -0.497. The Balaban J connectivity index is 0.00000169. The zero-order valence-corrected chi connectivity index (χ0v) is 10.8. The van der Waals surface area contributed by atoms with E-state index in [1.807, 2.05) is 13.8 Å². The van der Waals surface area contributed by atoms with Crippen molar-refractivity contribution in [2.75, 3.05) is 27.2 Å². The fourth-order valence-corrected chi connectivity index (χ4v) is 2.73. The second-order valence-corrected chi connectivity index (χ2v) is 6.05. The summed E-state index contributed by atoms with van der Waals surface area (Å²) in [5.74, 6) is 1.44. The molecule has 1 aliphatic heterocycles. The third-order valence-corrected chi connectivity index (χ3v) is 3.08. The topological polar surface area (TPSA) is 20.2 Å². The minimum Gasteiger partial charge on any atom is -1.00 e. The van der Waals surface area contributed by atoms with Crippen molar-refractivity contribution in [2.24, 2.45) is 11.8 Å². The van der Waals surface area contributed by atoms with Gasteiger partial charge in [-0.1, -0.05) is 6.92 Å². The quantitative estimate of drug-likeness (QED) is 0.563. The number of aliphatic hydroxyl groups is 1. The van der Waals surface area contributed by atoms with E-state index in [9.17, 15) is 5.11 Å². The Kier molecular flexibility index (Phi) is 4.44. The van der Waals surface area contributed by atoms with Gasteiger partial charge in [0.15, 0.2) is 0 Å². The number of quaternary nitrogens is 1. The molecule has 1 heterocycles. The molecule has 1 saturated heterocycles. The van der Waals surface area contributed by atoms with Crippen molar-refractivity contribution >= 4 is 0 Å². The van der Waals surface area contributed by atoms with Crippen molar-refractivity contribution in [2.45, 2.75) is 32.8 Å². The maximum Gasteiger partial charge on any atom is 0.0817 e. The van der Waals surface area contributed by atoms with E-state index in [-0.39, 0.29) is 12.4 Å². The molecule has 0 radical (unpaired) electrons. The first-order valence-electron chi connectivity index (χ1n) is 5.24. The molecule has 1 aliphatic rings. The second kappa shape index (κ2) is 4.38. The van der Waals surface area contributed by atoms with Crippen LogP contribution >= 0.6 is 0 Å². The Labute approximate surface area is 94.3 Å². The van der Waals surface area contributed by atoms with Crippen LogP contribution in [0.4, 0.5) is 0 Å². The van der Waals surface area contributed by atoms with E-state index in [4.69, 9.17) is 0 Å². The molecule has 0 spiro atoms. The Hall–Kier alpha value is 0.210. The molecule has 1 rings (SSSR count). The maximum absolute atomic E-state index is 9.76.